The second-order valence-corrected chi connectivity index (χ2v) is 6.68. The smallest absolute Gasteiger partial charge is 0.377 e. The van der Waals surface area contributed by atoms with E-state index in [4.69, 9.17) is 4.74 Å². The van der Waals surface area contributed by atoms with Gasteiger partial charge in [0, 0.05) is 5.56 Å². The summed E-state index contributed by atoms with van der Waals surface area (Å²) in [6, 6.07) is 4.16. The maximum Gasteiger partial charge on any atom is 0.417 e. The number of ether oxygens (including phenoxy) is 1. The van der Waals surface area contributed by atoms with Gasteiger partial charge in [-0.3, -0.25) is 0 Å². The molecule has 0 aromatic heterocycles. The Morgan fingerprint density at radius 3 is 2.33 bits per heavy atom. The van der Waals surface area contributed by atoms with Crippen molar-refractivity contribution in [2.75, 3.05) is 13.2 Å². The number of hydrogen-bond donors (Lipinski definition) is 0. The van der Waals surface area contributed by atoms with Gasteiger partial charge < -0.3 is 4.74 Å². The van der Waals surface area contributed by atoms with Crippen LogP contribution in [-0.4, -0.2) is 13.2 Å². The summed E-state index contributed by atoms with van der Waals surface area (Å²) in [6.45, 7) is 10.7. The standard InChI is InChI=1S/C16H13F3O.C4H8.C3H8/c1-2-3-4-12-5-6-14(13-7-9-20-10-8-13)15(11-12)16(17,18)19;1-4-2-3-4;1-3-2/h2,5-7,11H,1,8-10H2;4H,2-3H2,1H3;3H2,1-2H3. The highest BCUT2D eigenvalue weighted by atomic mass is 19.4. The van der Waals surface area contributed by atoms with E-state index >= 15 is 0 Å². The molecule has 1 saturated carbocycles. The second kappa shape index (κ2) is 11.7. The summed E-state index contributed by atoms with van der Waals surface area (Å²) in [5.41, 5.74) is 0.562. The van der Waals surface area contributed by atoms with Crippen LogP contribution in [0.25, 0.3) is 5.57 Å². The zero-order valence-corrected chi connectivity index (χ0v) is 16.5. The van der Waals surface area contributed by atoms with Crippen molar-refractivity contribution in [1.29, 1.82) is 0 Å². The van der Waals surface area contributed by atoms with Crippen LogP contribution < -0.4 is 0 Å². The van der Waals surface area contributed by atoms with Crippen molar-refractivity contribution in [2.45, 2.75) is 52.6 Å². The summed E-state index contributed by atoms with van der Waals surface area (Å²) in [7, 11) is 0. The Hall–Kier alpha value is -1.99. The summed E-state index contributed by atoms with van der Waals surface area (Å²) in [5, 5.41) is 0. The Bertz CT molecular complexity index is 686. The van der Waals surface area contributed by atoms with E-state index in [1.165, 1.54) is 31.4 Å². The van der Waals surface area contributed by atoms with Crippen LogP contribution >= 0.6 is 0 Å². The zero-order valence-electron chi connectivity index (χ0n) is 16.5. The lowest BCUT2D eigenvalue weighted by atomic mass is 9.94. The quantitative estimate of drug-likeness (QED) is 0.484. The summed E-state index contributed by atoms with van der Waals surface area (Å²) in [6.07, 6.45) is 3.35. The highest BCUT2D eigenvalue weighted by Crippen LogP contribution is 2.37. The molecule has 0 N–H and O–H groups in total. The maximum atomic E-state index is 13.2. The number of alkyl halides is 3. The largest absolute Gasteiger partial charge is 0.417 e. The molecule has 0 radical (unpaired) electrons. The molecule has 0 spiro atoms. The van der Waals surface area contributed by atoms with Crippen molar-refractivity contribution in [3.05, 3.63) is 53.6 Å². The molecule has 1 aromatic carbocycles. The lowest BCUT2D eigenvalue weighted by Gasteiger charge is -2.18. The fraction of sp³-hybridized carbons (Fsp3) is 0.478. The maximum absolute atomic E-state index is 13.2. The van der Waals surface area contributed by atoms with Gasteiger partial charge in [0.2, 0.25) is 0 Å². The van der Waals surface area contributed by atoms with E-state index in [2.05, 4.69) is 39.2 Å². The van der Waals surface area contributed by atoms with Crippen LogP contribution in [0.1, 0.15) is 63.1 Å². The van der Waals surface area contributed by atoms with E-state index in [1.807, 2.05) is 0 Å². The highest BCUT2D eigenvalue weighted by molar-refractivity contribution is 5.70. The van der Waals surface area contributed by atoms with Crippen molar-refractivity contribution < 1.29 is 17.9 Å². The Morgan fingerprint density at radius 1 is 1.26 bits per heavy atom. The van der Waals surface area contributed by atoms with Crippen LogP contribution in [0.4, 0.5) is 13.2 Å². The predicted octanol–water partition coefficient (Wildman–Crippen LogP) is 6.88. The summed E-state index contributed by atoms with van der Waals surface area (Å²) in [4.78, 5) is 0. The molecular weight excluding hydrogens is 349 g/mol. The van der Waals surface area contributed by atoms with Gasteiger partial charge in [0.15, 0.2) is 0 Å². The van der Waals surface area contributed by atoms with Gasteiger partial charge in [-0.15, -0.1) is 0 Å². The SMILES string of the molecule is C=CC#Cc1ccc(C2=CCOCC2)c(C(F)(F)F)c1.CC1CC1.CCC. The molecule has 2 aliphatic rings. The van der Waals surface area contributed by atoms with E-state index in [0.29, 0.717) is 30.8 Å². The van der Waals surface area contributed by atoms with Gasteiger partial charge in [-0.2, -0.15) is 13.2 Å². The molecule has 27 heavy (non-hydrogen) atoms. The molecule has 1 nitrogen and oxygen atoms in total. The number of hydrogen-bond acceptors (Lipinski definition) is 1. The molecular formula is C23H29F3O. The van der Waals surface area contributed by atoms with Crippen molar-refractivity contribution >= 4 is 5.57 Å². The van der Waals surface area contributed by atoms with E-state index in [9.17, 15) is 13.2 Å². The normalized spacial score (nSPS) is 15.7. The monoisotopic (exact) mass is 378 g/mol. The first kappa shape index (κ1) is 23.0. The molecule has 0 unspecified atom stereocenters. The van der Waals surface area contributed by atoms with Gasteiger partial charge in [0.05, 0.1) is 18.8 Å². The van der Waals surface area contributed by atoms with Crippen LogP contribution in [0.2, 0.25) is 0 Å². The minimum atomic E-state index is -4.40. The van der Waals surface area contributed by atoms with Gasteiger partial charge >= 0.3 is 6.18 Å². The lowest BCUT2D eigenvalue weighted by molar-refractivity contribution is -0.137. The van der Waals surface area contributed by atoms with E-state index in [-0.39, 0.29) is 5.56 Å². The third-order valence-corrected chi connectivity index (χ3v) is 3.82. The van der Waals surface area contributed by atoms with Crippen molar-refractivity contribution in [2.24, 2.45) is 5.92 Å². The molecule has 1 heterocycles. The third kappa shape index (κ3) is 8.97. The van der Waals surface area contributed by atoms with E-state index < -0.39 is 11.7 Å². The summed E-state index contributed by atoms with van der Waals surface area (Å²) < 4.78 is 44.7. The van der Waals surface area contributed by atoms with Gasteiger partial charge in [-0.1, -0.05) is 70.6 Å². The van der Waals surface area contributed by atoms with Gasteiger partial charge in [-0.25, -0.2) is 0 Å². The fourth-order valence-electron chi connectivity index (χ4n) is 2.21. The van der Waals surface area contributed by atoms with Gasteiger partial charge in [0.25, 0.3) is 0 Å². The topological polar surface area (TPSA) is 9.23 Å². The third-order valence-electron chi connectivity index (χ3n) is 3.82. The predicted molar refractivity (Wildman–Crippen MR) is 106 cm³/mol. The molecule has 0 saturated heterocycles. The van der Waals surface area contributed by atoms with Crippen molar-refractivity contribution in [3.8, 4) is 11.8 Å². The number of benzene rings is 1. The van der Waals surface area contributed by atoms with Crippen LogP contribution in [0.5, 0.6) is 0 Å². The Balaban J connectivity index is 0.000000440. The minimum Gasteiger partial charge on any atom is -0.377 e. The molecule has 4 heteroatoms. The highest BCUT2D eigenvalue weighted by Gasteiger charge is 2.34. The van der Waals surface area contributed by atoms with E-state index in [0.717, 1.165) is 12.0 Å². The molecule has 0 amide bonds. The summed E-state index contributed by atoms with van der Waals surface area (Å²) in [5.74, 6) is 6.26. The Kier molecular flexibility index (Phi) is 9.96. The van der Waals surface area contributed by atoms with Gasteiger partial charge in [-0.05, 0) is 41.7 Å². The molecule has 148 valence electrons. The molecule has 3 rings (SSSR count). The number of halogens is 3. The molecule has 0 atom stereocenters. The van der Waals surface area contributed by atoms with Crippen molar-refractivity contribution in [3.63, 3.8) is 0 Å². The fourth-order valence-corrected chi connectivity index (χ4v) is 2.21. The molecule has 1 aliphatic heterocycles. The minimum absolute atomic E-state index is 0.213. The molecule has 1 aromatic rings. The van der Waals surface area contributed by atoms with Crippen LogP contribution in [-0.2, 0) is 10.9 Å². The summed E-state index contributed by atoms with van der Waals surface area (Å²) >= 11 is 0. The van der Waals surface area contributed by atoms with Crippen LogP contribution in [0.3, 0.4) is 0 Å². The van der Waals surface area contributed by atoms with Crippen LogP contribution in [0, 0.1) is 17.8 Å². The molecule has 1 fully saturated rings. The Labute approximate surface area is 161 Å². The zero-order chi connectivity index (χ0) is 20.3. The van der Waals surface area contributed by atoms with Gasteiger partial charge in [0.1, 0.15) is 0 Å². The first-order chi connectivity index (χ1) is 12.8. The van der Waals surface area contributed by atoms with Crippen molar-refractivity contribution in [1.82, 2.24) is 0 Å². The number of allylic oxidation sites excluding steroid dienone is 1. The molecule has 0 bridgehead atoms. The first-order valence-corrected chi connectivity index (χ1v) is 9.44. The first-order valence-electron chi connectivity index (χ1n) is 9.44. The Morgan fingerprint density at radius 2 is 1.89 bits per heavy atom. The number of rotatable bonds is 1. The van der Waals surface area contributed by atoms with Crippen LogP contribution in [0.15, 0.2) is 36.9 Å². The second-order valence-electron chi connectivity index (χ2n) is 6.68. The molecule has 1 aliphatic carbocycles. The van der Waals surface area contributed by atoms with E-state index in [1.54, 1.807) is 12.1 Å². The lowest BCUT2D eigenvalue weighted by Crippen LogP contribution is -2.12. The average molecular weight is 378 g/mol. The average Bonchev–Trinajstić information content (AvgIpc) is 3.43.